The first kappa shape index (κ1) is 17.2. The number of benzene rings is 1. The SMILES string of the molecule is COc1cc(OC)c(OC)cc1/C=C1/SC(=O)N(C(C)C)C1=O. The van der Waals surface area contributed by atoms with Gasteiger partial charge in [0.1, 0.15) is 5.75 Å². The van der Waals surface area contributed by atoms with E-state index in [-0.39, 0.29) is 17.2 Å². The standard InChI is InChI=1S/C16H19NO5S/c1-9(2)17-15(18)14(23-16(17)19)7-10-6-12(21-4)13(22-5)8-11(10)20-3/h6-9H,1-5H3/b14-7+. The topological polar surface area (TPSA) is 65.1 Å². The Bertz CT molecular complexity index is 669. The fraction of sp³-hybridized carbons (Fsp3) is 0.375. The van der Waals surface area contributed by atoms with Crippen LogP contribution in [0.4, 0.5) is 4.79 Å². The Hall–Kier alpha value is -2.15. The lowest BCUT2D eigenvalue weighted by Crippen LogP contribution is -2.34. The van der Waals surface area contributed by atoms with Gasteiger partial charge in [-0.15, -0.1) is 0 Å². The number of nitrogens with zero attached hydrogens (tertiary/aromatic N) is 1. The molecular formula is C16H19NO5S. The number of amides is 2. The average molecular weight is 337 g/mol. The van der Waals surface area contributed by atoms with Crippen LogP contribution < -0.4 is 14.2 Å². The molecule has 0 radical (unpaired) electrons. The van der Waals surface area contributed by atoms with E-state index < -0.39 is 0 Å². The minimum Gasteiger partial charge on any atom is -0.496 e. The van der Waals surface area contributed by atoms with Crippen LogP contribution in [0.3, 0.4) is 0 Å². The van der Waals surface area contributed by atoms with Crippen LogP contribution in [0, 0.1) is 0 Å². The van der Waals surface area contributed by atoms with Crippen molar-refractivity contribution in [1.29, 1.82) is 0 Å². The van der Waals surface area contributed by atoms with Gasteiger partial charge in [0.25, 0.3) is 11.1 Å². The summed E-state index contributed by atoms with van der Waals surface area (Å²) in [7, 11) is 4.59. The zero-order chi connectivity index (χ0) is 17.1. The van der Waals surface area contributed by atoms with Gasteiger partial charge < -0.3 is 14.2 Å². The Morgan fingerprint density at radius 1 is 1.00 bits per heavy atom. The van der Waals surface area contributed by atoms with Crippen LogP contribution in [-0.4, -0.2) is 43.4 Å². The number of ether oxygens (including phenoxy) is 3. The molecule has 1 saturated heterocycles. The summed E-state index contributed by atoms with van der Waals surface area (Å²) in [5.74, 6) is 1.27. The van der Waals surface area contributed by atoms with Gasteiger partial charge in [-0.25, -0.2) is 0 Å². The molecule has 0 N–H and O–H groups in total. The minimum atomic E-state index is -0.299. The largest absolute Gasteiger partial charge is 0.496 e. The molecule has 1 aliphatic rings. The second-order valence-corrected chi connectivity index (χ2v) is 6.09. The van der Waals surface area contributed by atoms with Crippen molar-refractivity contribution in [2.75, 3.05) is 21.3 Å². The van der Waals surface area contributed by atoms with Crippen molar-refractivity contribution in [2.24, 2.45) is 0 Å². The van der Waals surface area contributed by atoms with Crippen LogP contribution in [0.25, 0.3) is 6.08 Å². The predicted molar refractivity (Wildman–Crippen MR) is 89.0 cm³/mol. The zero-order valence-corrected chi connectivity index (χ0v) is 14.5. The minimum absolute atomic E-state index is 0.180. The monoisotopic (exact) mass is 337 g/mol. The van der Waals surface area contributed by atoms with Crippen molar-refractivity contribution >= 4 is 29.0 Å². The second-order valence-electron chi connectivity index (χ2n) is 5.09. The molecule has 124 valence electrons. The Balaban J connectivity index is 2.47. The molecule has 0 saturated carbocycles. The van der Waals surface area contributed by atoms with Crippen LogP contribution in [0.15, 0.2) is 17.0 Å². The lowest BCUT2D eigenvalue weighted by Gasteiger charge is -2.16. The van der Waals surface area contributed by atoms with Gasteiger partial charge in [0, 0.05) is 17.7 Å². The van der Waals surface area contributed by atoms with Gasteiger partial charge in [-0.05, 0) is 37.8 Å². The molecule has 0 spiro atoms. The first-order valence-corrected chi connectivity index (χ1v) is 7.81. The summed E-state index contributed by atoms with van der Waals surface area (Å²) in [5.41, 5.74) is 0.638. The summed E-state index contributed by atoms with van der Waals surface area (Å²) in [6, 6.07) is 3.21. The number of carbonyl (C=O) groups is 2. The van der Waals surface area contributed by atoms with Gasteiger partial charge in [0.05, 0.1) is 26.2 Å². The average Bonchev–Trinajstić information content (AvgIpc) is 2.80. The summed E-state index contributed by atoms with van der Waals surface area (Å²) < 4.78 is 15.8. The number of thioether (sulfide) groups is 1. The number of rotatable bonds is 5. The van der Waals surface area contributed by atoms with E-state index in [0.29, 0.717) is 27.7 Å². The molecule has 2 amide bonds. The van der Waals surface area contributed by atoms with E-state index in [1.165, 1.54) is 26.2 Å². The van der Waals surface area contributed by atoms with Gasteiger partial charge in [-0.1, -0.05) is 0 Å². The van der Waals surface area contributed by atoms with Crippen molar-refractivity contribution in [1.82, 2.24) is 4.90 Å². The van der Waals surface area contributed by atoms with Crippen LogP contribution in [0.1, 0.15) is 19.4 Å². The molecule has 7 heteroatoms. The highest BCUT2D eigenvalue weighted by molar-refractivity contribution is 8.18. The molecule has 1 heterocycles. The van der Waals surface area contributed by atoms with Crippen molar-refractivity contribution in [2.45, 2.75) is 19.9 Å². The Morgan fingerprint density at radius 2 is 1.57 bits per heavy atom. The van der Waals surface area contributed by atoms with Crippen LogP contribution in [0.5, 0.6) is 17.2 Å². The molecule has 1 aromatic rings. The maximum absolute atomic E-state index is 12.4. The van der Waals surface area contributed by atoms with E-state index in [0.717, 1.165) is 11.8 Å². The van der Waals surface area contributed by atoms with Crippen LogP contribution in [0.2, 0.25) is 0 Å². The fourth-order valence-electron chi connectivity index (χ4n) is 2.23. The van der Waals surface area contributed by atoms with Gasteiger partial charge in [-0.3, -0.25) is 14.5 Å². The maximum Gasteiger partial charge on any atom is 0.293 e. The molecule has 0 aliphatic carbocycles. The first-order valence-electron chi connectivity index (χ1n) is 7.00. The Labute approximate surface area is 139 Å². The van der Waals surface area contributed by atoms with Crippen molar-refractivity contribution in [3.05, 3.63) is 22.6 Å². The van der Waals surface area contributed by atoms with Gasteiger partial charge >= 0.3 is 0 Å². The van der Waals surface area contributed by atoms with Gasteiger partial charge in [0.2, 0.25) is 0 Å². The number of hydrogen-bond acceptors (Lipinski definition) is 6. The number of imide groups is 1. The number of hydrogen-bond donors (Lipinski definition) is 0. The summed E-state index contributed by atoms with van der Waals surface area (Å²) in [5, 5.41) is -0.268. The first-order chi connectivity index (χ1) is 10.9. The van der Waals surface area contributed by atoms with E-state index in [4.69, 9.17) is 14.2 Å². The number of carbonyl (C=O) groups excluding carboxylic acids is 2. The highest BCUT2D eigenvalue weighted by atomic mass is 32.2. The van der Waals surface area contributed by atoms with E-state index >= 15 is 0 Å². The summed E-state index contributed by atoms with van der Waals surface area (Å²) in [6.07, 6.45) is 1.63. The normalized spacial score (nSPS) is 16.4. The smallest absolute Gasteiger partial charge is 0.293 e. The summed E-state index contributed by atoms with van der Waals surface area (Å²) in [6.45, 7) is 3.60. The third kappa shape index (κ3) is 3.29. The molecule has 1 aromatic carbocycles. The number of methoxy groups -OCH3 is 3. The van der Waals surface area contributed by atoms with Gasteiger partial charge in [0.15, 0.2) is 11.5 Å². The molecule has 1 aliphatic heterocycles. The molecule has 0 bridgehead atoms. The molecule has 6 nitrogen and oxygen atoms in total. The lowest BCUT2D eigenvalue weighted by molar-refractivity contribution is -0.123. The molecule has 2 rings (SSSR count). The van der Waals surface area contributed by atoms with Crippen molar-refractivity contribution in [3.8, 4) is 17.2 Å². The highest BCUT2D eigenvalue weighted by Crippen LogP contribution is 2.39. The molecule has 23 heavy (non-hydrogen) atoms. The molecule has 0 unspecified atom stereocenters. The molecule has 1 fully saturated rings. The second kappa shape index (κ2) is 6.95. The quantitative estimate of drug-likeness (QED) is 0.769. The van der Waals surface area contributed by atoms with E-state index in [2.05, 4.69) is 0 Å². The van der Waals surface area contributed by atoms with Crippen LogP contribution in [-0.2, 0) is 4.79 Å². The molecular weight excluding hydrogens is 318 g/mol. The third-order valence-electron chi connectivity index (χ3n) is 3.36. The predicted octanol–water partition coefficient (Wildman–Crippen LogP) is 3.16. The summed E-state index contributed by atoms with van der Waals surface area (Å²) >= 11 is 0.918. The fourth-order valence-corrected chi connectivity index (χ4v) is 3.18. The zero-order valence-electron chi connectivity index (χ0n) is 13.7. The van der Waals surface area contributed by atoms with Gasteiger partial charge in [-0.2, -0.15) is 0 Å². The van der Waals surface area contributed by atoms with E-state index in [9.17, 15) is 9.59 Å². The Kier molecular flexibility index (Phi) is 5.20. The highest BCUT2D eigenvalue weighted by Gasteiger charge is 2.36. The molecule has 0 aromatic heterocycles. The lowest BCUT2D eigenvalue weighted by atomic mass is 10.1. The van der Waals surface area contributed by atoms with E-state index in [1.54, 1.807) is 32.1 Å². The van der Waals surface area contributed by atoms with Crippen molar-refractivity contribution < 1.29 is 23.8 Å². The Morgan fingerprint density at radius 3 is 2.04 bits per heavy atom. The van der Waals surface area contributed by atoms with E-state index in [1.807, 2.05) is 0 Å². The molecule has 0 atom stereocenters. The third-order valence-corrected chi connectivity index (χ3v) is 4.25. The van der Waals surface area contributed by atoms with Crippen LogP contribution >= 0.6 is 11.8 Å². The maximum atomic E-state index is 12.4. The summed E-state index contributed by atoms with van der Waals surface area (Å²) in [4.78, 5) is 25.9. The van der Waals surface area contributed by atoms with Crippen molar-refractivity contribution in [3.63, 3.8) is 0 Å².